The zero-order valence-corrected chi connectivity index (χ0v) is 16.0. The molecule has 3 rings (SSSR count). The molecule has 6 nitrogen and oxygen atoms in total. The number of amides is 3. The summed E-state index contributed by atoms with van der Waals surface area (Å²) in [6, 6.07) is 10.3. The Morgan fingerprint density at radius 1 is 1.11 bits per heavy atom. The van der Waals surface area contributed by atoms with Crippen molar-refractivity contribution in [3.05, 3.63) is 35.9 Å². The molecule has 6 heteroatoms. The van der Waals surface area contributed by atoms with E-state index in [0.717, 1.165) is 45.2 Å². The Morgan fingerprint density at radius 3 is 2.37 bits per heavy atom. The third kappa shape index (κ3) is 4.95. The van der Waals surface area contributed by atoms with Gasteiger partial charge in [0.25, 0.3) is 0 Å². The highest BCUT2D eigenvalue weighted by Gasteiger charge is 2.48. The Bertz CT molecular complexity index is 653. The Balaban J connectivity index is 1.36. The summed E-state index contributed by atoms with van der Waals surface area (Å²) < 4.78 is 0. The molecule has 1 aromatic rings. The van der Waals surface area contributed by atoms with Crippen LogP contribution in [-0.4, -0.2) is 54.2 Å². The minimum absolute atomic E-state index is 0.134. The topological polar surface area (TPSA) is 69.7 Å². The fraction of sp³-hybridized carbons (Fsp3) is 0.571. The summed E-state index contributed by atoms with van der Waals surface area (Å²) in [5, 5.41) is 2.84. The molecule has 0 spiro atoms. The van der Waals surface area contributed by atoms with Crippen LogP contribution in [0.2, 0.25) is 0 Å². The first-order valence-electron chi connectivity index (χ1n) is 9.90. The van der Waals surface area contributed by atoms with E-state index in [0.29, 0.717) is 6.54 Å². The van der Waals surface area contributed by atoms with Crippen molar-refractivity contribution in [3.8, 4) is 0 Å². The molecule has 27 heavy (non-hydrogen) atoms. The molecule has 2 aliphatic rings. The number of carbonyl (C=O) groups is 3. The van der Waals surface area contributed by atoms with Gasteiger partial charge in [-0.15, -0.1) is 0 Å². The summed E-state index contributed by atoms with van der Waals surface area (Å²) in [5.41, 5.74) is 1.26. The van der Waals surface area contributed by atoms with Gasteiger partial charge in [-0.1, -0.05) is 43.2 Å². The van der Waals surface area contributed by atoms with Gasteiger partial charge in [0.1, 0.15) is 6.54 Å². The standard InChI is InChI=1S/C21H29N3O3/c1-23(14-16-8-3-2-4-9-16)13-7-12-22-19(25)15-24-20(26)17-10-5-6-11-18(17)21(24)27/h2-4,8-9,17-18H,5-7,10-15H2,1H3,(H,22,25). The Labute approximate surface area is 160 Å². The molecule has 1 N–H and O–H groups in total. The van der Waals surface area contributed by atoms with E-state index < -0.39 is 0 Å². The highest BCUT2D eigenvalue weighted by atomic mass is 16.2. The molecule has 146 valence electrons. The minimum atomic E-state index is -0.249. The van der Waals surface area contributed by atoms with Crippen molar-refractivity contribution >= 4 is 17.7 Å². The van der Waals surface area contributed by atoms with Crippen LogP contribution in [0.1, 0.15) is 37.7 Å². The zero-order valence-electron chi connectivity index (χ0n) is 16.0. The fourth-order valence-electron chi connectivity index (χ4n) is 4.14. The van der Waals surface area contributed by atoms with E-state index in [2.05, 4.69) is 29.4 Å². The van der Waals surface area contributed by atoms with E-state index in [1.165, 1.54) is 10.5 Å². The molecule has 1 aliphatic carbocycles. The normalized spacial score (nSPS) is 22.2. The van der Waals surface area contributed by atoms with E-state index in [-0.39, 0.29) is 36.1 Å². The van der Waals surface area contributed by atoms with E-state index in [1.807, 2.05) is 18.2 Å². The van der Waals surface area contributed by atoms with Gasteiger partial charge in [-0.25, -0.2) is 0 Å². The van der Waals surface area contributed by atoms with E-state index in [4.69, 9.17) is 0 Å². The largest absolute Gasteiger partial charge is 0.354 e. The fourth-order valence-corrected chi connectivity index (χ4v) is 4.14. The van der Waals surface area contributed by atoms with Crippen LogP contribution < -0.4 is 5.32 Å². The van der Waals surface area contributed by atoms with Crippen LogP contribution >= 0.6 is 0 Å². The van der Waals surface area contributed by atoms with Gasteiger partial charge in [-0.05, 0) is 38.4 Å². The van der Waals surface area contributed by atoms with Crippen molar-refractivity contribution in [3.63, 3.8) is 0 Å². The number of nitrogens with zero attached hydrogens (tertiary/aromatic N) is 2. The highest BCUT2D eigenvalue weighted by molar-refractivity contribution is 6.07. The van der Waals surface area contributed by atoms with Crippen molar-refractivity contribution in [1.82, 2.24) is 15.1 Å². The molecule has 0 bridgehead atoms. The number of hydrogen-bond donors (Lipinski definition) is 1. The quantitative estimate of drug-likeness (QED) is 0.559. The van der Waals surface area contributed by atoms with Gasteiger partial charge in [0.15, 0.2) is 0 Å². The van der Waals surface area contributed by atoms with Crippen molar-refractivity contribution in [2.24, 2.45) is 11.8 Å². The maximum absolute atomic E-state index is 12.4. The summed E-state index contributed by atoms with van der Waals surface area (Å²) in [6.45, 7) is 2.14. The predicted octanol–water partition coefficient (Wildman–Crippen LogP) is 1.80. The van der Waals surface area contributed by atoms with Crippen LogP contribution in [0.15, 0.2) is 30.3 Å². The van der Waals surface area contributed by atoms with Crippen molar-refractivity contribution in [2.45, 2.75) is 38.6 Å². The van der Waals surface area contributed by atoms with Crippen LogP contribution in [0, 0.1) is 11.8 Å². The smallest absolute Gasteiger partial charge is 0.240 e. The first-order valence-corrected chi connectivity index (χ1v) is 9.90. The minimum Gasteiger partial charge on any atom is -0.354 e. The lowest BCUT2D eigenvalue weighted by molar-refractivity contribution is -0.143. The lowest BCUT2D eigenvalue weighted by Gasteiger charge is -2.19. The SMILES string of the molecule is CN(CCCNC(=O)CN1C(=O)C2CCCCC2C1=O)Cc1ccccc1. The molecule has 2 fully saturated rings. The van der Waals surface area contributed by atoms with Gasteiger partial charge in [-0.2, -0.15) is 0 Å². The molecule has 1 heterocycles. The number of benzene rings is 1. The third-order valence-electron chi connectivity index (χ3n) is 5.57. The average molecular weight is 371 g/mol. The monoisotopic (exact) mass is 371 g/mol. The zero-order chi connectivity index (χ0) is 19.2. The lowest BCUT2D eigenvalue weighted by Crippen LogP contribution is -2.41. The van der Waals surface area contributed by atoms with Gasteiger partial charge < -0.3 is 10.2 Å². The van der Waals surface area contributed by atoms with E-state index in [1.54, 1.807) is 0 Å². The number of likely N-dealkylation sites (tertiary alicyclic amines) is 1. The first kappa shape index (κ1) is 19.5. The molecule has 2 unspecified atom stereocenters. The number of fused-ring (bicyclic) bond motifs is 1. The maximum Gasteiger partial charge on any atom is 0.240 e. The average Bonchev–Trinajstić information content (AvgIpc) is 2.91. The number of imide groups is 1. The Kier molecular flexibility index (Phi) is 6.61. The summed E-state index contributed by atoms with van der Waals surface area (Å²) in [6.07, 6.45) is 4.37. The second-order valence-corrected chi connectivity index (χ2v) is 7.69. The molecule has 1 saturated carbocycles. The second kappa shape index (κ2) is 9.13. The summed E-state index contributed by atoms with van der Waals surface area (Å²) in [4.78, 5) is 40.3. The molecule has 1 aliphatic heterocycles. The van der Waals surface area contributed by atoms with Gasteiger partial charge in [0.05, 0.1) is 11.8 Å². The highest BCUT2D eigenvalue weighted by Crippen LogP contribution is 2.37. The van der Waals surface area contributed by atoms with Crippen LogP contribution in [0.3, 0.4) is 0 Å². The molecule has 0 aromatic heterocycles. The van der Waals surface area contributed by atoms with Crippen molar-refractivity contribution in [1.29, 1.82) is 0 Å². The molecule has 0 radical (unpaired) electrons. The summed E-state index contributed by atoms with van der Waals surface area (Å²) in [5.74, 6) is -0.928. The van der Waals surface area contributed by atoms with Crippen LogP contribution in [0.25, 0.3) is 0 Å². The van der Waals surface area contributed by atoms with Crippen molar-refractivity contribution in [2.75, 3.05) is 26.7 Å². The number of carbonyl (C=O) groups excluding carboxylic acids is 3. The Hall–Kier alpha value is -2.21. The number of hydrogen-bond acceptors (Lipinski definition) is 4. The first-order chi connectivity index (χ1) is 13.1. The van der Waals surface area contributed by atoms with Crippen LogP contribution in [0.5, 0.6) is 0 Å². The third-order valence-corrected chi connectivity index (χ3v) is 5.57. The number of rotatable bonds is 8. The summed E-state index contributed by atoms with van der Waals surface area (Å²) >= 11 is 0. The maximum atomic E-state index is 12.4. The molecule has 1 saturated heterocycles. The lowest BCUT2D eigenvalue weighted by atomic mass is 9.81. The molecule has 2 atom stereocenters. The molecular weight excluding hydrogens is 342 g/mol. The predicted molar refractivity (Wildman–Crippen MR) is 103 cm³/mol. The Morgan fingerprint density at radius 2 is 1.74 bits per heavy atom. The molecule has 3 amide bonds. The van der Waals surface area contributed by atoms with E-state index >= 15 is 0 Å². The van der Waals surface area contributed by atoms with Gasteiger partial charge in [-0.3, -0.25) is 19.3 Å². The summed E-state index contributed by atoms with van der Waals surface area (Å²) in [7, 11) is 2.05. The molecule has 1 aromatic carbocycles. The second-order valence-electron chi connectivity index (χ2n) is 7.69. The van der Waals surface area contributed by atoms with Gasteiger partial charge >= 0.3 is 0 Å². The van der Waals surface area contributed by atoms with Gasteiger partial charge in [0, 0.05) is 13.1 Å². The van der Waals surface area contributed by atoms with Crippen molar-refractivity contribution < 1.29 is 14.4 Å². The van der Waals surface area contributed by atoms with E-state index in [9.17, 15) is 14.4 Å². The molecular formula is C21H29N3O3. The number of nitrogens with one attached hydrogen (secondary N) is 1. The van der Waals surface area contributed by atoms with Crippen LogP contribution in [-0.2, 0) is 20.9 Å². The van der Waals surface area contributed by atoms with Gasteiger partial charge in [0.2, 0.25) is 17.7 Å². The van der Waals surface area contributed by atoms with Crippen LogP contribution in [0.4, 0.5) is 0 Å².